The van der Waals surface area contributed by atoms with Crippen LogP contribution in [0.2, 0.25) is 5.02 Å². The molecule has 8 nitrogen and oxygen atoms in total. The van der Waals surface area contributed by atoms with E-state index in [4.69, 9.17) is 15.8 Å². The number of carboxylic acid groups (broad SMARTS) is 1. The Morgan fingerprint density at radius 2 is 1.55 bits per heavy atom. The molecule has 0 spiro atoms. The number of nitrogens with zero attached hydrogens (tertiary/aromatic N) is 1. The first-order chi connectivity index (χ1) is 19.0. The number of carbonyl (C=O) groups excluding carboxylic acids is 2. The Labute approximate surface area is 253 Å². The van der Waals surface area contributed by atoms with Gasteiger partial charge in [0.15, 0.2) is 17.3 Å². The van der Waals surface area contributed by atoms with Crippen molar-refractivity contribution in [2.45, 2.75) is 55.8 Å². The average molecular weight is 714 g/mol. The van der Waals surface area contributed by atoms with Crippen molar-refractivity contribution in [3.05, 3.63) is 78.5 Å². The van der Waals surface area contributed by atoms with Crippen LogP contribution in [0.3, 0.4) is 0 Å². The van der Waals surface area contributed by atoms with Gasteiger partial charge in [0, 0.05) is 62.9 Å². The number of Topliss-reactive ketones (excluding diaryl/α,β-unsaturated/α-hetero) is 2. The van der Waals surface area contributed by atoms with Gasteiger partial charge in [-0.3, -0.25) is 14.4 Å². The van der Waals surface area contributed by atoms with Crippen molar-refractivity contribution in [2.75, 3.05) is 6.54 Å². The van der Waals surface area contributed by atoms with E-state index in [0.717, 1.165) is 0 Å². The minimum atomic E-state index is -4.32. The lowest BCUT2D eigenvalue weighted by atomic mass is 9.70. The van der Waals surface area contributed by atoms with Gasteiger partial charge >= 0.3 is 16.1 Å². The largest absolute Gasteiger partial charge is 0.481 e. The van der Waals surface area contributed by atoms with Crippen LogP contribution in [0.25, 0.3) is 0 Å². The molecule has 12 heteroatoms. The first-order valence-corrected chi connectivity index (χ1v) is 16.1. The summed E-state index contributed by atoms with van der Waals surface area (Å²) in [6.45, 7) is 0.136. The molecule has 0 aromatic heterocycles. The van der Waals surface area contributed by atoms with Crippen molar-refractivity contribution in [3.8, 4) is 5.75 Å². The van der Waals surface area contributed by atoms with Crippen molar-refractivity contribution in [3.63, 3.8) is 0 Å². The zero-order valence-corrected chi connectivity index (χ0v) is 25.8. The molecule has 5 rings (SSSR count). The van der Waals surface area contributed by atoms with E-state index in [1.165, 1.54) is 24.3 Å². The fourth-order valence-electron chi connectivity index (χ4n) is 5.65. The molecule has 1 heterocycles. The number of allylic oxidation sites excluding steroid dienone is 4. The molecule has 210 valence electrons. The number of halogens is 3. The molecule has 0 saturated heterocycles. The lowest BCUT2D eigenvalue weighted by Crippen LogP contribution is -2.40. The molecule has 0 fully saturated rings. The van der Waals surface area contributed by atoms with E-state index in [0.29, 0.717) is 67.8 Å². The van der Waals surface area contributed by atoms with Gasteiger partial charge in [0.05, 0.1) is 10.9 Å². The van der Waals surface area contributed by atoms with Gasteiger partial charge in [-0.1, -0.05) is 27.5 Å². The molecule has 2 aromatic carbocycles. The van der Waals surface area contributed by atoms with Crippen LogP contribution in [-0.2, 0) is 24.5 Å². The van der Waals surface area contributed by atoms with E-state index in [1.807, 2.05) is 4.90 Å². The van der Waals surface area contributed by atoms with Crippen LogP contribution in [0.5, 0.6) is 5.75 Å². The van der Waals surface area contributed by atoms with Crippen LogP contribution in [-0.4, -0.2) is 42.5 Å². The van der Waals surface area contributed by atoms with Gasteiger partial charge in [-0.25, -0.2) is 0 Å². The molecular formula is C28H24Br2ClNO7S. The van der Waals surface area contributed by atoms with E-state index in [1.54, 1.807) is 12.1 Å². The lowest BCUT2D eigenvalue weighted by molar-refractivity contribution is -0.137. The van der Waals surface area contributed by atoms with Crippen LogP contribution in [0.1, 0.15) is 56.4 Å². The summed E-state index contributed by atoms with van der Waals surface area (Å²) in [5.74, 6) is -2.18. The van der Waals surface area contributed by atoms with Crippen LogP contribution >= 0.6 is 43.5 Å². The summed E-state index contributed by atoms with van der Waals surface area (Å²) in [6.07, 6.45) is 2.66. The van der Waals surface area contributed by atoms with Crippen molar-refractivity contribution in [2.24, 2.45) is 0 Å². The Bertz CT molecular complexity index is 1550. The number of carbonyl (C=O) groups is 3. The molecule has 40 heavy (non-hydrogen) atoms. The molecule has 2 aromatic rings. The highest BCUT2D eigenvalue weighted by Crippen LogP contribution is 2.52. The maximum Gasteiger partial charge on any atom is 0.339 e. The summed E-state index contributed by atoms with van der Waals surface area (Å²) in [5.41, 5.74) is 2.52. The summed E-state index contributed by atoms with van der Waals surface area (Å²) in [5, 5.41) is 9.77. The van der Waals surface area contributed by atoms with E-state index < -0.39 is 22.0 Å². The SMILES string of the molecule is O=C(O)CCN1C2=C(C(=O)CCC2)C(c2cc(Br)cc(Br)c2OS(=O)(=O)c2ccc(Cl)cc2)C2=C1CCCC2=O. The maximum atomic E-state index is 13.6. The molecule has 0 unspecified atom stereocenters. The Morgan fingerprint density at radius 1 is 0.975 bits per heavy atom. The second-order valence-electron chi connectivity index (χ2n) is 9.80. The Morgan fingerprint density at radius 3 is 2.10 bits per heavy atom. The summed E-state index contributed by atoms with van der Waals surface area (Å²) >= 11 is 12.9. The first kappa shape index (κ1) is 29.0. The number of carboxylic acids is 1. The number of hydrogen-bond donors (Lipinski definition) is 1. The number of rotatable bonds is 7. The van der Waals surface area contributed by atoms with E-state index >= 15 is 0 Å². The molecule has 1 N–H and O–H groups in total. The predicted octanol–water partition coefficient (Wildman–Crippen LogP) is 6.52. The van der Waals surface area contributed by atoms with Gasteiger partial charge < -0.3 is 14.2 Å². The number of aliphatic carboxylic acids is 1. The minimum Gasteiger partial charge on any atom is -0.481 e. The van der Waals surface area contributed by atoms with Crippen molar-refractivity contribution < 1.29 is 32.1 Å². The summed E-state index contributed by atoms with van der Waals surface area (Å²) < 4.78 is 33.4. The lowest BCUT2D eigenvalue weighted by Gasteiger charge is -2.44. The normalized spacial score (nSPS) is 18.1. The third-order valence-electron chi connectivity index (χ3n) is 7.28. The Balaban J connectivity index is 1.72. The smallest absolute Gasteiger partial charge is 0.339 e. The highest BCUT2D eigenvalue weighted by molar-refractivity contribution is 9.11. The van der Waals surface area contributed by atoms with Gasteiger partial charge in [-0.15, -0.1) is 0 Å². The predicted molar refractivity (Wildman–Crippen MR) is 155 cm³/mol. The zero-order valence-electron chi connectivity index (χ0n) is 21.1. The van der Waals surface area contributed by atoms with Crippen molar-refractivity contribution >= 4 is 71.1 Å². The number of ketones is 2. The monoisotopic (exact) mass is 711 g/mol. The van der Waals surface area contributed by atoms with Gasteiger partial charge in [0.1, 0.15) is 4.90 Å². The standard InChI is InChI=1S/C28H24Br2ClNO7S/c29-15-13-18(28(19(30)14-15)39-40(37,38)17-9-7-16(31)8-10-17)25-26-20(3-1-5-22(26)33)32(12-11-24(35)36)21-4-2-6-23(34)27(21)25/h7-10,13-14,25H,1-6,11-12H2,(H,35,36). The average Bonchev–Trinajstić information content (AvgIpc) is 2.89. The van der Waals surface area contributed by atoms with Crippen LogP contribution in [0.4, 0.5) is 0 Å². The summed E-state index contributed by atoms with van der Waals surface area (Å²) in [6, 6.07) is 8.86. The van der Waals surface area contributed by atoms with E-state index in [-0.39, 0.29) is 48.0 Å². The van der Waals surface area contributed by atoms with Crippen molar-refractivity contribution in [1.29, 1.82) is 0 Å². The van der Waals surface area contributed by atoms with Crippen molar-refractivity contribution in [1.82, 2.24) is 4.90 Å². The summed E-state index contributed by atoms with van der Waals surface area (Å²) in [7, 11) is -4.32. The molecule has 0 radical (unpaired) electrons. The topological polar surface area (TPSA) is 118 Å². The maximum absolute atomic E-state index is 13.6. The molecule has 0 bridgehead atoms. The molecule has 2 aliphatic carbocycles. The molecule has 0 saturated carbocycles. The van der Waals surface area contributed by atoms with Crippen LogP contribution < -0.4 is 4.18 Å². The highest BCUT2D eigenvalue weighted by atomic mass is 79.9. The third kappa shape index (κ3) is 5.53. The molecule has 0 amide bonds. The summed E-state index contributed by atoms with van der Waals surface area (Å²) in [4.78, 5) is 40.4. The van der Waals surface area contributed by atoms with Crippen LogP contribution in [0, 0.1) is 0 Å². The van der Waals surface area contributed by atoms with E-state index in [2.05, 4.69) is 31.9 Å². The fraction of sp³-hybridized carbons (Fsp3) is 0.321. The number of benzene rings is 2. The minimum absolute atomic E-state index is 0.0300. The van der Waals surface area contributed by atoms with Gasteiger partial charge in [0.2, 0.25) is 0 Å². The van der Waals surface area contributed by atoms with Gasteiger partial charge in [-0.05, 0) is 78.0 Å². The zero-order chi connectivity index (χ0) is 28.8. The third-order valence-corrected chi connectivity index (χ3v) is 9.81. The second kappa shape index (κ2) is 11.4. The van der Waals surface area contributed by atoms with Crippen LogP contribution in [0.15, 0.2) is 72.8 Å². The highest BCUT2D eigenvalue weighted by Gasteiger charge is 2.45. The Hall–Kier alpha value is -2.47. The molecule has 1 aliphatic heterocycles. The van der Waals surface area contributed by atoms with Gasteiger partial charge in [0.25, 0.3) is 0 Å². The number of hydrogen-bond acceptors (Lipinski definition) is 7. The van der Waals surface area contributed by atoms with Gasteiger partial charge in [-0.2, -0.15) is 8.42 Å². The second-order valence-corrected chi connectivity index (χ2v) is 13.6. The molecule has 0 atom stereocenters. The fourth-order valence-corrected chi connectivity index (χ4v) is 8.19. The van der Waals surface area contributed by atoms with E-state index in [9.17, 15) is 27.9 Å². The quantitative estimate of drug-likeness (QED) is 0.323. The molecule has 3 aliphatic rings. The Kier molecular flexibility index (Phi) is 8.29. The molecular weight excluding hydrogens is 690 g/mol. The first-order valence-electron chi connectivity index (χ1n) is 12.7.